The zero-order chi connectivity index (χ0) is 14.8. The van der Waals surface area contributed by atoms with E-state index in [4.69, 9.17) is 5.11 Å². The number of hydrogen-bond acceptors (Lipinski definition) is 3. The lowest BCUT2D eigenvalue weighted by Crippen LogP contribution is -2.25. The third kappa shape index (κ3) is 2.69. The van der Waals surface area contributed by atoms with Gasteiger partial charge in [-0.15, -0.1) is 11.3 Å². The molecule has 5 heteroatoms. The minimum atomic E-state index is -1.01. The third-order valence-corrected chi connectivity index (χ3v) is 4.71. The molecule has 108 valence electrons. The van der Waals surface area contributed by atoms with Crippen LogP contribution < -0.4 is 5.32 Å². The Bertz CT molecular complexity index is 692. The molecule has 2 aromatic rings. The van der Waals surface area contributed by atoms with Crippen LogP contribution in [0.4, 0.5) is 5.69 Å². The minimum Gasteiger partial charge on any atom is -0.477 e. The van der Waals surface area contributed by atoms with Crippen LogP contribution in [0, 0.1) is 0 Å². The second-order valence-corrected chi connectivity index (χ2v) is 6.02. The number of carboxylic acids is 1. The molecule has 1 heterocycles. The number of nitrogens with one attached hydrogen (secondary N) is 1. The maximum atomic E-state index is 12.5. The van der Waals surface area contributed by atoms with Crippen LogP contribution in [0.15, 0.2) is 35.7 Å². The van der Waals surface area contributed by atoms with Gasteiger partial charge in [0.05, 0.1) is 11.6 Å². The molecule has 4 nitrogen and oxygen atoms in total. The molecule has 1 aromatic heterocycles. The Morgan fingerprint density at radius 3 is 2.86 bits per heavy atom. The van der Waals surface area contributed by atoms with Crippen molar-refractivity contribution in [2.45, 2.75) is 25.2 Å². The van der Waals surface area contributed by atoms with Gasteiger partial charge >= 0.3 is 5.97 Å². The summed E-state index contributed by atoms with van der Waals surface area (Å²) in [6.07, 6.45) is 2.78. The average molecular weight is 301 g/mol. The van der Waals surface area contributed by atoms with Crippen LogP contribution >= 0.6 is 11.3 Å². The van der Waals surface area contributed by atoms with Crippen LogP contribution in [0.1, 0.15) is 39.6 Å². The molecule has 1 aliphatic rings. The van der Waals surface area contributed by atoms with E-state index in [2.05, 4.69) is 11.4 Å². The van der Waals surface area contributed by atoms with Gasteiger partial charge in [-0.2, -0.15) is 0 Å². The molecule has 1 aromatic carbocycles. The molecular formula is C16H15NO3S. The van der Waals surface area contributed by atoms with E-state index in [-0.39, 0.29) is 16.7 Å². The summed E-state index contributed by atoms with van der Waals surface area (Å²) in [5, 5.41) is 13.5. The highest BCUT2D eigenvalue weighted by Gasteiger charge is 2.27. The Labute approximate surface area is 126 Å². The highest BCUT2D eigenvalue weighted by atomic mass is 32.1. The van der Waals surface area contributed by atoms with Gasteiger partial charge in [-0.25, -0.2) is 4.79 Å². The van der Waals surface area contributed by atoms with Crippen molar-refractivity contribution >= 4 is 28.9 Å². The monoisotopic (exact) mass is 301 g/mol. The van der Waals surface area contributed by atoms with Crippen molar-refractivity contribution < 1.29 is 14.7 Å². The molecule has 1 atom stereocenters. The number of carboxylic acid groups (broad SMARTS) is 1. The Kier molecular flexibility index (Phi) is 3.75. The molecule has 0 bridgehead atoms. The zero-order valence-electron chi connectivity index (χ0n) is 11.3. The number of amides is 1. The summed E-state index contributed by atoms with van der Waals surface area (Å²) < 4.78 is 0. The van der Waals surface area contributed by atoms with Gasteiger partial charge in [0, 0.05) is 0 Å². The van der Waals surface area contributed by atoms with Gasteiger partial charge in [0.1, 0.15) is 4.88 Å². The Morgan fingerprint density at radius 1 is 1.24 bits per heavy atom. The van der Waals surface area contributed by atoms with Gasteiger partial charge in [0.2, 0.25) is 5.91 Å². The smallest absolute Gasteiger partial charge is 0.348 e. The van der Waals surface area contributed by atoms with Crippen molar-refractivity contribution in [1.29, 1.82) is 0 Å². The fourth-order valence-corrected chi connectivity index (χ4v) is 3.51. The number of aryl methyl sites for hydroxylation is 1. The standard InChI is InChI=1S/C16H15NO3S/c18-15(17-13-8-9-21-14(13)16(19)20)12-7-3-5-10-4-1-2-6-11(10)12/h1-2,4,6,8-9,12H,3,5,7H2,(H,17,18)(H,19,20). The number of anilines is 1. The van der Waals surface area contributed by atoms with Crippen LogP contribution in [-0.2, 0) is 11.2 Å². The average Bonchev–Trinajstić information content (AvgIpc) is 2.95. The van der Waals surface area contributed by atoms with E-state index >= 15 is 0 Å². The lowest BCUT2D eigenvalue weighted by molar-refractivity contribution is -0.117. The maximum Gasteiger partial charge on any atom is 0.348 e. The minimum absolute atomic E-state index is 0.122. The van der Waals surface area contributed by atoms with E-state index in [0.717, 1.165) is 36.2 Å². The number of thiophene rings is 1. The van der Waals surface area contributed by atoms with Crippen LogP contribution in [0.5, 0.6) is 0 Å². The molecule has 3 rings (SSSR count). The summed E-state index contributed by atoms with van der Waals surface area (Å²) in [6.45, 7) is 0. The van der Waals surface area contributed by atoms with Crippen molar-refractivity contribution in [3.63, 3.8) is 0 Å². The van der Waals surface area contributed by atoms with Gasteiger partial charge in [-0.3, -0.25) is 4.79 Å². The first-order valence-electron chi connectivity index (χ1n) is 6.86. The largest absolute Gasteiger partial charge is 0.477 e. The number of fused-ring (bicyclic) bond motifs is 1. The van der Waals surface area contributed by atoms with Crippen LogP contribution in [-0.4, -0.2) is 17.0 Å². The van der Waals surface area contributed by atoms with Gasteiger partial charge in [-0.05, 0) is 41.8 Å². The Hall–Kier alpha value is -2.14. The summed E-state index contributed by atoms with van der Waals surface area (Å²) in [5.74, 6) is -1.33. The Balaban J connectivity index is 1.84. The van der Waals surface area contributed by atoms with Crippen molar-refractivity contribution in [1.82, 2.24) is 0 Å². The maximum absolute atomic E-state index is 12.5. The molecule has 1 aliphatic carbocycles. The number of hydrogen-bond donors (Lipinski definition) is 2. The summed E-state index contributed by atoms with van der Waals surface area (Å²) in [4.78, 5) is 23.8. The van der Waals surface area contributed by atoms with E-state index in [0.29, 0.717) is 5.69 Å². The second-order valence-electron chi connectivity index (χ2n) is 5.10. The van der Waals surface area contributed by atoms with Crippen molar-refractivity contribution in [3.05, 3.63) is 51.7 Å². The molecular weight excluding hydrogens is 286 g/mol. The van der Waals surface area contributed by atoms with Crippen LogP contribution in [0.25, 0.3) is 0 Å². The molecule has 0 aliphatic heterocycles. The number of carbonyl (C=O) groups is 2. The van der Waals surface area contributed by atoms with Crippen LogP contribution in [0.2, 0.25) is 0 Å². The summed E-state index contributed by atoms with van der Waals surface area (Å²) >= 11 is 1.12. The first kappa shape index (κ1) is 13.8. The van der Waals surface area contributed by atoms with Crippen molar-refractivity contribution in [2.75, 3.05) is 5.32 Å². The molecule has 0 radical (unpaired) electrons. The van der Waals surface area contributed by atoms with E-state index in [1.165, 1.54) is 5.56 Å². The Morgan fingerprint density at radius 2 is 2.05 bits per heavy atom. The molecule has 0 fully saturated rings. The summed E-state index contributed by atoms with van der Waals surface area (Å²) in [5.41, 5.74) is 2.67. The fourth-order valence-electron chi connectivity index (χ4n) is 2.82. The van der Waals surface area contributed by atoms with E-state index in [1.807, 2.05) is 18.2 Å². The highest BCUT2D eigenvalue weighted by Crippen LogP contribution is 2.33. The molecule has 0 spiro atoms. The van der Waals surface area contributed by atoms with Gasteiger partial charge in [-0.1, -0.05) is 24.3 Å². The van der Waals surface area contributed by atoms with Crippen molar-refractivity contribution in [2.24, 2.45) is 0 Å². The highest BCUT2D eigenvalue weighted by molar-refractivity contribution is 7.12. The zero-order valence-corrected chi connectivity index (χ0v) is 12.2. The number of rotatable bonds is 3. The van der Waals surface area contributed by atoms with Crippen molar-refractivity contribution in [3.8, 4) is 0 Å². The fraction of sp³-hybridized carbons (Fsp3) is 0.250. The summed E-state index contributed by atoms with van der Waals surface area (Å²) in [7, 11) is 0. The van der Waals surface area contributed by atoms with Gasteiger partial charge in [0.15, 0.2) is 0 Å². The summed E-state index contributed by atoms with van der Waals surface area (Å²) in [6, 6.07) is 9.62. The lowest BCUT2D eigenvalue weighted by atomic mass is 9.82. The van der Waals surface area contributed by atoms with E-state index in [1.54, 1.807) is 11.4 Å². The molecule has 0 saturated heterocycles. The van der Waals surface area contributed by atoms with E-state index in [9.17, 15) is 9.59 Å². The first-order chi connectivity index (χ1) is 10.2. The molecule has 21 heavy (non-hydrogen) atoms. The topological polar surface area (TPSA) is 66.4 Å². The number of benzene rings is 1. The molecule has 1 unspecified atom stereocenters. The lowest BCUT2D eigenvalue weighted by Gasteiger charge is -2.24. The number of aromatic carboxylic acids is 1. The molecule has 0 saturated carbocycles. The van der Waals surface area contributed by atoms with Gasteiger partial charge in [0.25, 0.3) is 0 Å². The predicted octanol–water partition coefficient (Wildman–Crippen LogP) is 3.50. The molecule has 2 N–H and O–H groups in total. The quantitative estimate of drug-likeness (QED) is 0.911. The first-order valence-corrected chi connectivity index (χ1v) is 7.74. The second kappa shape index (κ2) is 5.69. The predicted molar refractivity (Wildman–Crippen MR) is 82.0 cm³/mol. The normalized spacial score (nSPS) is 17.0. The van der Waals surface area contributed by atoms with Gasteiger partial charge < -0.3 is 10.4 Å². The number of carbonyl (C=O) groups excluding carboxylic acids is 1. The SMILES string of the molecule is O=C(O)c1sccc1NC(=O)C1CCCc2ccccc21. The van der Waals surface area contributed by atoms with E-state index < -0.39 is 5.97 Å². The van der Waals surface area contributed by atoms with Crippen LogP contribution in [0.3, 0.4) is 0 Å². The third-order valence-electron chi connectivity index (χ3n) is 3.80. The molecule has 1 amide bonds.